The first-order valence-electron chi connectivity index (χ1n) is 8.08. The molecule has 0 radical (unpaired) electrons. The zero-order valence-corrected chi connectivity index (χ0v) is 14.2. The summed E-state index contributed by atoms with van der Waals surface area (Å²) in [4.78, 5) is 4.30. The fourth-order valence-corrected chi connectivity index (χ4v) is 3.05. The summed E-state index contributed by atoms with van der Waals surface area (Å²) in [5, 5.41) is 9.36. The van der Waals surface area contributed by atoms with E-state index in [2.05, 4.69) is 39.4 Å². The van der Waals surface area contributed by atoms with Crippen LogP contribution in [0, 0.1) is 0 Å². The average Bonchev–Trinajstić information content (AvgIpc) is 3.03. The Hall–Kier alpha value is -2.91. The fraction of sp³-hybridized carbons (Fsp3) is 0.0476. The Morgan fingerprint density at radius 2 is 1.84 bits per heavy atom. The van der Waals surface area contributed by atoms with Gasteiger partial charge in [0, 0.05) is 16.6 Å². The lowest BCUT2D eigenvalue weighted by atomic mass is 10.0. The molecule has 0 spiro atoms. The van der Waals surface area contributed by atoms with Gasteiger partial charge < -0.3 is 0 Å². The summed E-state index contributed by atoms with van der Waals surface area (Å²) in [6, 6.07) is 20.2. The van der Waals surface area contributed by atoms with Crippen LogP contribution in [0.1, 0.15) is 22.5 Å². The van der Waals surface area contributed by atoms with Crippen molar-refractivity contribution in [3.05, 3.63) is 94.4 Å². The van der Waals surface area contributed by atoms with Gasteiger partial charge in [0.15, 0.2) is 0 Å². The molecule has 122 valence electrons. The summed E-state index contributed by atoms with van der Waals surface area (Å²) in [7, 11) is 0. The minimum absolute atomic E-state index is 0.765. The highest BCUT2D eigenvalue weighted by molar-refractivity contribution is 6.30. The molecule has 0 saturated heterocycles. The van der Waals surface area contributed by atoms with E-state index in [1.165, 1.54) is 11.1 Å². The third-order valence-corrected chi connectivity index (χ3v) is 4.29. The topological polar surface area (TPSA) is 41.6 Å². The summed E-state index contributed by atoms with van der Waals surface area (Å²) in [6.07, 6.45) is 6.58. The van der Waals surface area contributed by atoms with Crippen molar-refractivity contribution in [2.75, 3.05) is 0 Å². The Bertz CT molecular complexity index is 1040. The van der Waals surface area contributed by atoms with E-state index in [0.29, 0.717) is 0 Å². The molecule has 0 aliphatic carbocycles. The normalized spacial score (nSPS) is 11.4. The van der Waals surface area contributed by atoms with Crippen molar-refractivity contribution >= 4 is 34.7 Å². The van der Waals surface area contributed by atoms with Crippen molar-refractivity contribution < 1.29 is 0 Å². The van der Waals surface area contributed by atoms with Gasteiger partial charge in [-0.3, -0.25) is 10.1 Å². The molecule has 0 amide bonds. The van der Waals surface area contributed by atoms with E-state index in [-0.39, 0.29) is 0 Å². The lowest BCUT2D eigenvalue weighted by molar-refractivity contribution is 1.11. The number of pyridine rings is 1. The van der Waals surface area contributed by atoms with Crippen molar-refractivity contribution in [2.45, 2.75) is 6.42 Å². The molecule has 2 heterocycles. The number of rotatable bonds is 4. The van der Waals surface area contributed by atoms with E-state index in [4.69, 9.17) is 11.6 Å². The van der Waals surface area contributed by atoms with Gasteiger partial charge in [0.1, 0.15) is 0 Å². The van der Waals surface area contributed by atoms with Crippen LogP contribution in [0.5, 0.6) is 0 Å². The highest BCUT2D eigenvalue weighted by Crippen LogP contribution is 2.22. The van der Waals surface area contributed by atoms with Gasteiger partial charge >= 0.3 is 0 Å². The number of aromatic amines is 1. The van der Waals surface area contributed by atoms with Crippen LogP contribution in [0.25, 0.3) is 23.1 Å². The molecule has 25 heavy (non-hydrogen) atoms. The van der Waals surface area contributed by atoms with Gasteiger partial charge in [-0.05, 0) is 66.1 Å². The number of halogens is 1. The lowest BCUT2D eigenvalue weighted by Crippen LogP contribution is -1.88. The Morgan fingerprint density at radius 3 is 2.68 bits per heavy atom. The zero-order chi connectivity index (χ0) is 17.1. The second-order valence-electron chi connectivity index (χ2n) is 5.88. The van der Waals surface area contributed by atoms with Gasteiger partial charge in [-0.15, -0.1) is 0 Å². The van der Waals surface area contributed by atoms with E-state index in [9.17, 15) is 0 Å². The minimum atomic E-state index is 0.765. The number of nitrogens with one attached hydrogen (secondary N) is 1. The van der Waals surface area contributed by atoms with Gasteiger partial charge in [-0.2, -0.15) is 5.10 Å². The monoisotopic (exact) mass is 345 g/mol. The van der Waals surface area contributed by atoms with Crippen LogP contribution in [0.4, 0.5) is 0 Å². The van der Waals surface area contributed by atoms with Gasteiger partial charge in [-0.25, -0.2) is 0 Å². The van der Waals surface area contributed by atoms with Crippen molar-refractivity contribution in [3.8, 4) is 0 Å². The van der Waals surface area contributed by atoms with Crippen LogP contribution < -0.4 is 0 Å². The Morgan fingerprint density at radius 1 is 0.920 bits per heavy atom. The van der Waals surface area contributed by atoms with E-state index in [0.717, 1.165) is 33.7 Å². The summed E-state index contributed by atoms with van der Waals surface area (Å²) in [6.45, 7) is 0. The molecule has 4 heteroatoms. The predicted molar refractivity (Wildman–Crippen MR) is 104 cm³/mol. The van der Waals surface area contributed by atoms with E-state index in [1.54, 1.807) is 6.20 Å². The summed E-state index contributed by atoms with van der Waals surface area (Å²) >= 11 is 6.08. The molecule has 0 fully saturated rings. The SMILES string of the molecule is Clc1cccc(Cc2ccc3[nH]nc(/C=C/c4ccccn4)c3c2)c1. The predicted octanol–water partition coefficient (Wildman–Crippen LogP) is 5.37. The highest BCUT2D eigenvalue weighted by Gasteiger charge is 2.05. The molecule has 0 aliphatic rings. The first-order chi connectivity index (χ1) is 12.3. The fourth-order valence-electron chi connectivity index (χ4n) is 2.84. The number of hydrogen-bond acceptors (Lipinski definition) is 2. The molecule has 4 aromatic rings. The summed E-state index contributed by atoms with van der Waals surface area (Å²) in [5.74, 6) is 0. The maximum atomic E-state index is 6.08. The van der Waals surface area contributed by atoms with Gasteiger partial charge in [0.2, 0.25) is 0 Å². The molecule has 3 nitrogen and oxygen atoms in total. The maximum absolute atomic E-state index is 6.08. The lowest BCUT2D eigenvalue weighted by Gasteiger charge is -2.03. The molecule has 0 atom stereocenters. The molecule has 1 N–H and O–H groups in total. The molecule has 2 aromatic carbocycles. The minimum Gasteiger partial charge on any atom is -0.277 e. The highest BCUT2D eigenvalue weighted by atomic mass is 35.5. The number of aromatic nitrogens is 3. The number of benzene rings is 2. The molecule has 0 unspecified atom stereocenters. The number of fused-ring (bicyclic) bond motifs is 1. The first kappa shape index (κ1) is 15.6. The standard InChI is InChI=1S/C21H16ClN3/c22-17-5-3-4-15(13-17)12-16-7-9-20-19(14-16)21(25-24-20)10-8-18-6-1-2-11-23-18/h1-11,13-14H,12H2,(H,24,25)/b10-8+. The van der Waals surface area contributed by atoms with Crippen LogP contribution in [0.15, 0.2) is 66.9 Å². The third-order valence-electron chi connectivity index (χ3n) is 4.05. The first-order valence-corrected chi connectivity index (χ1v) is 8.46. The number of H-pyrrole nitrogens is 1. The van der Waals surface area contributed by atoms with Gasteiger partial charge in [-0.1, -0.05) is 35.9 Å². The Labute approximate surface area is 151 Å². The quantitative estimate of drug-likeness (QED) is 0.540. The van der Waals surface area contributed by atoms with E-state index >= 15 is 0 Å². The van der Waals surface area contributed by atoms with Crippen LogP contribution in [-0.2, 0) is 6.42 Å². The number of nitrogens with zero attached hydrogens (tertiary/aromatic N) is 2. The van der Waals surface area contributed by atoms with Crippen molar-refractivity contribution in [2.24, 2.45) is 0 Å². The summed E-state index contributed by atoms with van der Waals surface area (Å²) in [5.41, 5.74) is 5.27. The largest absolute Gasteiger partial charge is 0.277 e. The maximum Gasteiger partial charge on any atom is 0.0928 e. The second kappa shape index (κ2) is 6.91. The van der Waals surface area contributed by atoms with Gasteiger partial charge in [0.25, 0.3) is 0 Å². The smallest absolute Gasteiger partial charge is 0.0928 e. The molecule has 2 aromatic heterocycles. The molecule has 0 bridgehead atoms. The Kier molecular flexibility index (Phi) is 4.32. The van der Waals surface area contributed by atoms with Crippen molar-refractivity contribution in [3.63, 3.8) is 0 Å². The molecule has 4 rings (SSSR count). The molecule has 0 aliphatic heterocycles. The molecular weight excluding hydrogens is 330 g/mol. The van der Waals surface area contributed by atoms with Gasteiger partial charge in [0.05, 0.1) is 16.9 Å². The van der Waals surface area contributed by atoms with E-state index in [1.807, 2.05) is 48.6 Å². The third kappa shape index (κ3) is 3.62. The molecule has 0 saturated carbocycles. The summed E-state index contributed by atoms with van der Waals surface area (Å²) < 4.78 is 0. The van der Waals surface area contributed by atoms with E-state index < -0.39 is 0 Å². The van der Waals surface area contributed by atoms with Crippen LogP contribution in [-0.4, -0.2) is 15.2 Å². The average molecular weight is 346 g/mol. The van der Waals surface area contributed by atoms with Crippen molar-refractivity contribution in [1.82, 2.24) is 15.2 Å². The Balaban J connectivity index is 1.64. The molecular formula is C21H16ClN3. The second-order valence-corrected chi connectivity index (χ2v) is 6.32. The van der Waals surface area contributed by atoms with Crippen LogP contribution in [0.2, 0.25) is 5.02 Å². The number of hydrogen-bond donors (Lipinski definition) is 1. The van der Waals surface area contributed by atoms with Crippen LogP contribution >= 0.6 is 11.6 Å². The van der Waals surface area contributed by atoms with Crippen LogP contribution in [0.3, 0.4) is 0 Å². The van der Waals surface area contributed by atoms with Crippen molar-refractivity contribution in [1.29, 1.82) is 0 Å². The zero-order valence-electron chi connectivity index (χ0n) is 13.5.